The van der Waals surface area contributed by atoms with Gasteiger partial charge in [-0.2, -0.15) is 5.10 Å². The minimum absolute atomic E-state index is 0.158. The van der Waals surface area contributed by atoms with Crippen molar-refractivity contribution in [2.24, 2.45) is 0 Å². The first-order valence-electron chi connectivity index (χ1n) is 7.12. The first-order chi connectivity index (χ1) is 10.1. The molecule has 0 unspecified atom stereocenters. The monoisotopic (exact) mass is 305 g/mol. The Bertz CT molecular complexity index is 621. The van der Waals surface area contributed by atoms with Crippen LogP contribution in [0.5, 0.6) is 0 Å². The van der Waals surface area contributed by atoms with Gasteiger partial charge < -0.3 is 10.6 Å². The maximum atomic E-state index is 12.5. The smallest absolute Gasteiger partial charge is 0.227 e. The number of aryl methyl sites for hydroxylation is 1. The molecule has 3 heterocycles. The summed E-state index contributed by atoms with van der Waals surface area (Å²) in [5.41, 5.74) is 7.68. The fourth-order valence-corrected chi connectivity index (χ4v) is 3.64. The first kappa shape index (κ1) is 14.1. The third-order valence-electron chi connectivity index (χ3n) is 3.96. The van der Waals surface area contributed by atoms with Crippen LogP contribution in [0.15, 0.2) is 12.3 Å². The number of rotatable bonds is 3. The van der Waals surface area contributed by atoms with Crippen molar-refractivity contribution in [1.82, 2.24) is 20.1 Å². The molecule has 0 spiro atoms. The van der Waals surface area contributed by atoms with Gasteiger partial charge in [-0.15, -0.1) is 11.3 Å². The highest BCUT2D eigenvalue weighted by Gasteiger charge is 2.26. The second-order valence-electron chi connectivity index (χ2n) is 5.43. The van der Waals surface area contributed by atoms with Crippen molar-refractivity contribution in [1.29, 1.82) is 0 Å². The molecule has 6 nitrogen and oxygen atoms in total. The van der Waals surface area contributed by atoms with E-state index in [2.05, 4.69) is 15.2 Å². The normalized spacial score (nSPS) is 18.9. The second-order valence-corrected chi connectivity index (χ2v) is 6.54. The molecule has 2 aromatic heterocycles. The fraction of sp³-hybridized carbons (Fsp3) is 0.500. The van der Waals surface area contributed by atoms with E-state index >= 15 is 0 Å². The summed E-state index contributed by atoms with van der Waals surface area (Å²) in [5, 5.41) is 7.55. The molecule has 0 radical (unpaired) electrons. The summed E-state index contributed by atoms with van der Waals surface area (Å²) in [6, 6.07) is 1.99. The van der Waals surface area contributed by atoms with E-state index in [1.165, 1.54) is 11.3 Å². The number of aromatic amines is 1. The number of carbonyl (C=O) groups is 1. The van der Waals surface area contributed by atoms with Crippen molar-refractivity contribution in [3.05, 3.63) is 28.5 Å². The fourth-order valence-electron chi connectivity index (χ4n) is 2.82. The number of amides is 1. The lowest BCUT2D eigenvalue weighted by molar-refractivity contribution is -0.131. The van der Waals surface area contributed by atoms with Crippen LogP contribution < -0.4 is 5.73 Å². The predicted octanol–water partition coefficient (Wildman–Crippen LogP) is 1.71. The second kappa shape index (κ2) is 5.85. The van der Waals surface area contributed by atoms with Crippen LogP contribution in [0.2, 0.25) is 0 Å². The van der Waals surface area contributed by atoms with Crippen molar-refractivity contribution in [2.75, 3.05) is 18.8 Å². The molecule has 0 saturated carbocycles. The number of nitrogen functional groups attached to an aromatic ring is 1. The van der Waals surface area contributed by atoms with E-state index in [1.54, 1.807) is 6.20 Å². The van der Waals surface area contributed by atoms with Crippen LogP contribution in [-0.4, -0.2) is 39.1 Å². The lowest BCUT2D eigenvalue weighted by atomic mass is 9.94. The van der Waals surface area contributed by atoms with Crippen molar-refractivity contribution >= 4 is 22.4 Å². The van der Waals surface area contributed by atoms with Gasteiger partial charge in [0.15, 0.2) is 5.13 Å². The Labute approximate surface area is 127 Å². The van der Waals surface area contributed by atoms with Gasteiger partial charge >= 0.3 is 0 Å². The van der Waals surface area contributed by atoms with Crippen molar-refractivity contribution in [2.45, 2.75) is 32.1 Å². The summed E-state index contributed by atoms with van der Waals surface area (Å²) in [4.78, 5) is 19.6. The van der Waals surface area contributed by atoms with Gasteiger partial charge in [-0.05, 0) is 25.8 Å². The summed E-state index contributed by atoms with van der Waals surface area (Å²) in [6.45, 7) is 3.49. The van der Waals surface area contributed by atoms with Gasteiger partial charge in [0, 0.05) is 35.8 Å². The van der Waals surface area contributed by atoms with Gasteiger partial charge in [-0.25, -0.2) is 4.98 Å². The number of hydrogen-bond acceptors (Lipinski definition) is 5. The number of nitrogens with one attached hydrogen (secondary N) is 1. The Balaban J connectivity index is 1.66. The highest BCUT2D eigenvalue weighted by molar-refractivity contribution is 7.15. The zero-order valence-electron chi connectivity index (χ0n) is 12.0. The standard InChI is InChI=1S/C14H19N5OS/c1-9-12(21-14(15)17-9)7-13(20)19-6-2-3-10(8-19)11-4-5-16-18-11/h4-5,10H,2-3,6-8H2,1H3,(H2,15,17)(H,16,18)/t10-/m0/s1. The zero-order valence-corrected chi connectivity index (χ0v) is 12.8. The molecule has 0 aliphatic carbocycles. The number of thiazole rings is 1. The van der Waals surface area contributed by atoms with Gasteiger partial charge in [-0.1, -0.05) is 0 Å². The van der Waals surface area contributed by atoms with Gasteiger partial charge in [-0.3, -0.25) is 9.89 Å². The highest BCUT2D eigenvalue weighted by atomic mass is 32.1. The van der Waals surface area contributed by atoms with E-state index in [9.17, 15) is 4.79 Å². The molecule has 0 aromatic carbocycles. The molecule has 1 fully saturated rings. The maximum Gasteiger partial charge on any atom is 0.227 e. The van der Waals surface area contributed by atoms with Gasteiger partial charge in [0.1, 0.15) is 0 Å². The number of H-pyrrole nitrogens is 1. The minimum Gasteiger partial charge on any atom is -0.375 e. The third-order valence-corrected chi connectivity index (χ3v) is 4.94. The van der Waals surface area contributed by atoms with E-state index < -0.39 is 0 Å². The number of aromatic nitrogens is 3. The van der Waals surface area contributed by atoms with Gasteiger partial charge in [0.05, 0.1) is 12.1 Å². The average molecular weight is 305 g/mol. The molecule has 112 valence electrons. The molecule has 1 aliphatic rings. The summed E-state index contributed by atoms with van der Waals surface area (Å²) >= 11 is 1.41. The van der Waals surface area contributed by atoms with Crippen molar-refractivity contribution in [3.63, 3.8) is 0 Å². The number of anilines is 1. The average Bonchev–Trinajstić information content (AvgIpc) is 3.09. The molecule has 3 rings (SSSR count). The van der Waals surface area contributed by atoms with Crippen LogP contribution >= 0.6 is 11.3 Å². The van der Waals surface area contributed by atoms with Crippen molar-refractivity contribution in [3.8, 4) is 0 Å². The predicted molar refractivity (Wildman–Crippen MR) is 82.1 cm³/mol. The Morgan fingerprint density at radius 1 is 1.62 bits per heavy atom. The molecular weight excluding hydrogens is 286 g/mol. The number of carbonyl (C=O) groups excluding carboxylic acids is 1. The van der Waals surface area contributed by atoms with Crippen LogP contribution in [0, 0.1) is 6.92 Å². The molecule has 1 aliphatic heterocycles. The summed E-state index contributed by atoms with van der Waals surface area (Å²) in [6.07, 6.45) is 4.29. The van der Waals surface area contributed by atoms with Crippen LogP contribution in [0.1, 0.15) is 35.0 Å². The molecule has 1 saturated heterocycles. The minimum atomic E-state index is 0.158. The van der Waals surface area contributed by atoms with E-state index in [0.29, 0.717) is 17.5 Å². The zero-order chi connectivity index (χ0) is 14.8. The topological polar surface area (TPSA) is 87.9 Å². The van der Waals surface area contributed by atoms with E-state index in [0.717, 1.165) is 42.2 Å². The Morgan fingerprint density at radius 2 is 2.48 bits per heavy atom. The molecule has 1 amide bonds. The van der Waals surface area contributed by atoms with Gasteiger partial charge in [0.25, 0.3) is 0 Å². The Hall–Kier alpha value is -1.89. The van der Waals surface area contributed by atoms with Crippen LogP contribution in [0.25, 0.3) is 0 Å². The number of hydrogen-bond donors (Lipinski definition) is 2. The number of piperidine rings is 1. The van der Waals surface area contributed by atoms with E-state index in [-0.39, 0.29) is 5.91 Å². The molecule has 7 heteroatoms. The van der Waals surface area contributed by atoms with Crippen LogP contribution in [0.3, 0.4) is 0 Å². The molecule has 1 atom stereocenters. The molecule has 0 bridgehead atoms. The lowest BCUT2D eigenvalue weighted by Gasteiger charge is -2.32. The number of nitrogens with two attached hydrogens (primary N) is 1. The SMILES string of the molecule is Cc1nc(N)sc1CC(=O)N1CCC[C@H](c2ccn[nH]2)C1. The van der Waals surface area contributed by atoms with Crippen LogP contribution in [0.4, 0.5) is 5.13 Å². The molecule has 2 aromatic rings. The van der Waals surface area contributed by atoms with Crippen LogP contribution in [-0.2, 0) is 11.2 Å². The Kier molecular flexibility index (Phi) is 3.92. The molecule has 21 heavy (non-hydrogen) atoms. The van der Waals surface area contributed by atoms with Gasteiger partial charge in [0.2, 0.25) is 5.91 Å². The summed E-state index contributed by atoms with van der Waals surface area (Å²) < 4.78 is 0. The van der Waals surface area contributed by atoms with E-state index in [4.69, 9.17) is 5.73 Å². The largest absolute Gasteiger partial charge is 0.375 e. The lowest BCUT2D eigenvalue weighted by Crippen LogP contribution is -2.40. The highest BCUT2D eigenvalue weighted by Crippen LogP contribution is 2.27. The third kappa shape index (κ3) is 3.07. The molecule has 3 N–H and O–H groups in total. The first-order valence-corrected chi connectivity index (χ1v) is 7.94. The molecular formula is C14H19N5OS. The quantitative estimate of drug-likeness (QED) is 0.903. The summed E-state index contributed by atoms with van der Waals surface area (Å²) in [7, 11) is 0. The van der Waals surface area contributed by atoms with Crippen molar-refractivity contribution < 1.29 is 4.79 Å². The summed E-state index contributed by atoms with van der Waals surface area (Å²) in [5.74, 6) is 0.517. The number of likely N-dealkylation sites (tertiary alicyclic amines) is 1. The Morgan fingerprint density at radius 3 is 3.14 bits per heavy atom. The van der Waals surface area contributed by atoms with E-state index in [1.807, 2.05) is 17.9 Å². The maximum absolute atomic E-state index is 12.5. The number of nitrogens with zero attached hydrogens (tertiary/aromatic N) is 3.